The quantitative estimate of drug-likeness (QED) is 0.832. The van der Waals surface area contributed by atoms with E-state index in [1.807, 2.05) is 0 Å². The van der Waals surface area contributed by atoms with Crippen LogP contribution in [-0.2, 0) is 9.53 Å². The maximum Gasteiger partial charge on any atom is 0.227 e. The average molecular weight is 295 g/mol. The molecule has 1 atom stereocenters. The summed E-state index contributed by atoms with van der Waals surface area (Å²) in [6.07, 6.45) is 3.22. The lowest BCUT2D eigenvalue weighted by Gasteiger charge is -2.43. The molecule has 5 heteroatoms. The summed E-state index contributed by atoms with van der Waals surface area (Å²) < 4.78 is 5.46. The number of ether oxygens (including phenoxy) is 1. The molecule has 0 aromatic heterocycles. The van der Waals surface area contributed by atoms with Crippen molar-refractivity contribution in [2.45, 2.75) is 38.6 Å². The van der Waals surface area contributed by atoms with Crippen LogP contribution in [-0.4, -0.2) is 73.7 Å². The Morgan fingerprint density at radius 3 is 2.71 bits per heavy atom. The molecular weight excluding hydrogens is 266 g/mol. The predicted octanol–water partition coefficient (Wildman–Crippen LogP) is 0.699. The van der Waals surface area contributed by atoms with E-state index in [1.165, 1.54) is 0 Å². The molecule has 1 unspecified atom stereocenters. The number of carbonyl (C=O) groups excluding carboxylic acids is 1. The molecule has 3 aliphatic heterocycles. The summed E-state index contributed by atoms with van der Waals surface area (Å²) in [6.45, 7) is 12.3. The van der Waals surface area contributed by atoms with E-state index < -0.39 is 0 Å². The first-order chi connectivity index (χ1) is 10.0. The van der Waals surface area contributed by atoms with Crippen molar-refractivity contribution in [3.63, 3.8) is 0 Å². The second kappa shape index (κ2) is 5.86. The molecule has 1 N–H and O–H groups in total. The molecule has 1 amide bonds. The van der Waals surface area contributed by atoms with Crippen LogP contribution in [0.2, 0.25) is 0 Å². The first-order valence-electron chi connectivity index (χ1n) is 8.35. The molecule has 0 aliphatic carbocycles. The van der Waals surface area contributed by atoms with Gasteiger partial charge >= 0.3 is 0 Å². The van der Waals surface area contributed by atoms with Gasteiger partial charge in [0.25, 0.3) is 0 Å². The third-order valence-corrected chi connectivity index (χ3v) is 5.51. The van der Waals surface area contributed by atoms with Gasteiger partial charge in [-0.2, -0.15) is 0 Å². The van der Waals surface area contributed by atoms with Crippen LogP contribution in [0.4, 0.5) is 0 Å². The number of piperidine rings is 1. The normalized spacial score (nSPS) is 32.6. The number of carbonyl (C=O) groups is 1. The van der Waals surface area contributed by atoms with E-state index >= 15 is 0 Å². The highest BCUT2D eigenvalue weighted by Crippen LogP contribution is 2.38. The van der Waals surface area contributed by atoms with Crippen LogP contribution in [0.1, 0.15) is 33.1 Å². The van der Waals surface area contributed by atoms with Gasteiger partial charge in [-0.15, -0.1) is 0 Å². The van der Waals surface area contributed by atoms with Gasteiger partial charge in [0.05, 0.1) is 18.6 Å². The SMILES string of the molecule is CC(C)(CN1CCC2(CCCNC2=O)C1)N1CCOCC1. The Balaban J connectivity index is 1.59. The second-order valence-electron chi connectivity index (χ2n) is 7.51. The molecule has 3 saturated heterocycles. The monoisotopic (exact) mass is 295 g/mol. The Hall–Kier alpha value is -0.650. The molecule has 1 spiro atoms. The molecule has 120 valence electrons. The minimum atomic E-state index is -0.0979. The van der Waals surface area contributed by atoms with E-state index in [1.54, 1.807) is 0 Å². The van der Waals surface area contributed by atoms with Crippen LogP contribution in [0.5, 0.6) is 0 Å². The summed E-state index contributed by atoms with van der Waals surface area (Å²) >= 11 is 0. The number of morpholine rings is 1. The third kappa shape index (κ3) is 3.10. The summed E-state index contributed by atoms with van der Waals surface area (Å²) in [6, 6.07) is 0. The van der Waals surface area contributed by atoms with Crippen LogP contribution < -0.4 is 5.32 Å². The Morgan fingerprint density at radius 1 is 1.24 bits per heavy atom. The zero-order valence-corrected chi connectivity index (χ0v) is 13.5. The Morgan fingerprint density at radius 2 is 2.00 bits per heavy atom. The number of rotatable bonds is 3. The highest BCUT2D eigenvalue weighted by molar-refractivity contribution is 5.83. The first kappa shape index (κ1) is 15.3. The number of nitrogens with one attached hydrogen (secondary N) is 1. The van der Waals surface area contributed by atoms with Gasteiger partial charge in [0.1, 0.15) is 0 Å². The molecule has 0 aromatic carbocycles. The fraction of sp³-hybridized carbons (Fsp3) is 0.938. The van der Waals surface area contributed by atoms with Crippen LogP contribution in [0, 0.1) is 5.41 Å². The van der Waals surface area contributed by atoms with E-state index in [-0.39, 0.29) is 11.0 Å². The zero-order chi connectivity index (χ0) is 14.9. The maximum atomic E-state index is 12.3. The van der Waals surface area contributed by atoms with Crippen molar-refractivity contribution in [2.24, 2.45) is 5.41 Å². The lowest BCUT2D eigenvalue weighted by molar-refractivity contribution is -0.132. The van der Waals surface area contributed by atoms with Crippen molar-refractivity contribution >= 4 is 5.91 Å². The zero-order valence-electron chi connectivity index (χ0n) is 13.5. The lowest BCUT2D eigenvalue weighted by atomic mass is 9.79. The molecule has 3 rings (SSSR count). The minimum Gasteiger partial charge on any atom is -0.379 e. The van der Waals surface area contributed by atoms with Crippen molar-refractivity contribution in [3.8, 4) is 0 Å². The van der Waals surface area contributed by atoms with Crippen LogP contribution in [0.25, 0.3) is 0 Å². The first-order valence-corrected chi connectivity index (χ1v) is 8.35. The molecule has 21 heavy (non-hydrogen) atoms. The van der Waals surface area contributed by atoms with E-state index in [2.05, 4.69) is 29.0 Å². The number of amides is 1. The lowest BCUT2D eigenvalue weighted by Crippen LogP contribution is -2.55. The van der Waals surface area contributed by atoms with Gasteiger partial charge in [0.2, 0.25) is 5.91 Å². The van der Waals surface area contributed by atoms with Crippen LogP contribution in [0.15, 0.2) is 0 Å². The molecular formula is C16H29N3O2. The van der Waals surface area contributed by atoms with E-state index in [9.17, 15) is 4.79 Å². The Kier molecular flexibility index (Phi) is 4.26. The van der Waals surface area contributed by atoms with Crippen molar-refractivity contribution in [2.75, 3.05) is 52.5 Å². The third-order valence-electron chi connectivity index (χ3n) is 5.51. The summed E-state index contributed by atoms with van der Waals surface area (Å²) in [5.41, 5.74) is 0.0553. The van der Waals surface area contributed by atoms with Crippen LogP contribution in [0.3, 0.4) is 0 Å². The van der Waals surface area contributed by atoms with Crippen molar-refractivity contribution in [1.29, 1.82) is 0 Å². The minimum absolute atomic E-state index is 0.0979. The molecule has 3 heterocycles. The Labute approximate surface area is 128 Å². The summed E-state index contributed by atoms with van der Waals surface area (Å²) in [4.78, 5) is 17.3. The van der Waals surface area contributed by atoms with Gasteiger partial charge in [-0.3, -0.25) is 9.69 Å². The topological polar surface area (TPSA) is 44.8 Å². The van der Waals surface area contributed by atoms with Crippen molar-refractivity contribution in [1.82, 2.24) is 15.1 Å². The molecule has 3 aliphatic rings. The smallest absolute Gasteiger partial charge is 0.227 e. The largest absolute Gasteiger partial charge is 0.379 e. The van der Waals surface area contributed by atoms with Gasteiger partial charge in [-0.1, -0.05) is 0 Å². The summed E-state index contributed by atoms with van der Waals surface area (Å²) in [5.74, 6) is 0.292. The van der Waals surface area contributed by atoms with E-state index in [0.717, 1.165) is 71.7 Å². The van der Waals surface area contributed by atoms with Gasteiger partial charge in [-0.25, -0.2) is 0 Å². The summed E-state index contributed by atoms with van der Waals surface area (Å²) in [7, 11) is 0. The standard InChI is InChI=1S/C16H29N3O2/c1-15(2,19-8-10-21-11-9-19)12-18-7-5-16(13-18)4-3-6-17-14(16)20/h3-13H2,1-2H3,(H,17,20). The van der Waals surface area contributed by atoms with Crippen molar-refractivity contribution in [3.05, 3.63) is 0 Å². The molecule has 0 aromatic rings. The second-order valence-corrected chi connectivity index (χ2v) is 7.51. The summed E-state index contributed by atoms with van der Waals surface area (Å²) in [5, 5.41) is 3.07. The molecule has 0 bridgehead atoms. The molecule has 3 fully saturated rings. The van der Waals surface area contributed by atoms with Gasteiger partial charge < -0.3 is 15.0 Å². The molecule has 5 nitrogen and oxygen atoms in total. The number of hydrogen-bond acceptors (Lipinski definition) is 4. The van der Waals surface area contributed by atoms with Gasteiger partial charge in [-0.05, 0) is 39.7 Å². The number of hydrogen-bond donors (Lipinski definition) is 1. The molecule has 0 saturated carbocycles. The Bertz CT molecular complexity index is 393. The highest BCUT2D eigenvalue weighted by atomic mass is 16.5. The number of likely N-dealkylation sites (tertiary alicyclic amines) is 1. The average Bonchev–Trinajstić information content (AvgIpc) is 2.87. The molecule has 0 radical (unpaired) electrons. The highest BCUT2D eigenvalue weighted by Gasteiger charge is 2.46. The van der Waals surface area contributed by atoms with Crippen LogP contribution >= 0.6 is 0 Å². The van der Waals surface area contributed by atoms with Crippen molar-refractivity contribution < 1.29 is 9.53 Å². The number of nitrogens with zero attached hydrogens (tertiary/aromatic N) is 2. The fourth-order valence-corrected chi connectivity index (χ4v) is 4.23. The van der Waals surface area contributed by atoms with E-state index in [4.69, 9.17) is 4.74 Å². The predicted molar refractivity (Wildman–Crippen MR) is 82.2 cm³/mol. The van der Waals surface area contributed by atoms with Gasteiger partial charge in [0, 0.05) is 38.3 Å². The fourth-order valence-electron chi connectivity index (χ4n) is 4.23. The van der Waals surface area contributed by atoms with E-state index in [0.29, 0.717) is 5.91 Å². The van der Waals surface area contributed by atoms with Gasteiger partial charge in [0.15, 0.2) is 0 Å². The maximum absolute atomic E-state index is 12.3.